The van der Waals surface area contributed by atoms with Crippen LogP contribution in [0.15, 0.2) is 77.7 Å². The molecular formula is C24H27N3O3S. The Morgan fingerprint density at radius 1 is 1.06 bits per heavy atom. The molecule has 0 saturated heterocycles. The lowest BCUT2D eigenvalue weighted by Gasteiger charge is -2.28. The van der Waals surface area contributed by atoms with Gasteiger partial charge in [-0.2, -0.15) is 0 Å². The van der Waals surface area contributed by atoms with Crippen molar-refractivity contribution in [3.05, 3.63) is 83.9 Å². The van der Waals surface area contributed by atoms with Gasteiger partial charge in [0.2, 0.25) is 0 Å². The second-order valence-corrected chi connectivity index (χ2v) is 9.50. The minimum Gasteiger partial charge on any atom is -0.489 e. The second kappa shape index (κ2) is 8.99. The average Bonchev–Trinajstić information content (AvgIpc) is 2.78. The summed E-state index contributed by atoms with van der Waals surface area (Å²) in [5.41, 5.74) is 8.96. The van der Waals surface area contributed by atoms with Crippen LogP contribution in [0.5, 0.6) is 5.75 Å². The Morgan fingerprint density at radius 2 is 1.81 bits per heavy atom. The van der Waals surface area contributed by atoms with Gasteiger partial charge in [-0.1, -0.05) is 36.4 Å². The molecule has 1 aliphatic rings. The highest BCUT2D eigenvalue weighted by atomic mass is 32.2. The molecule has 0 aromatic heterocycles. The first-order valence-corrected chi connectivity index (χ1v) is 11.9. The zero-order chi connectivity index (χ0) is 21.8. The molecule has 162 valence electrons. The van der Waals surface area contributed by atoms with E-state index in [0.29, 0.717) is 11.4 Å². The van der Waals surface area contributed by atoms with Crippen molar-refractivity contribution < 1.29 is 13.2 Å². The van der Waals surface area contributed by atoms with Crippen molar-refractivity contribution in [3.63, 3.8) is 0 Å². The van der Waals surface area contributed by atoms with E-state index in [1.54, 1.807) is 24.3 Å². The van der Waals surface area contributed by atoms with Crippen LogP contribution < -0.4 is 20.5 Å². The molecule has 0 saturated carbocycles. The van der Waals surface area contributed by atoms with Gasteiger partial charge >= 0.3 is 0 Å². The third-order valence-electron chi connectivity index (χ3n) is 5.49. The van der Waals surface area contributed by atoms with Crippen molar-refractivity contribution in [2.45, 2.75) is 36.8 Å². The molecule has 0 aliphatic carbocycles. The average molecular weight is 438 g/mol. The number of ether oxygens (including phenoxy) is 1. The first-order chi connectivity index (χ1) is 14.9. The lowest BCUT2D eigenvalue weighted by molar-refractivity contribution is 0.167. The van der Waals surface area contributed by atoms with Gasteiger partial charge in [0.15, 0.2) is 0 Å². The Balaban J connectivity index is 1.41. The van der Waals surface area contributed by atoms with Crippen LogP contribution >= 0.6 is 0 Å². The summed E-state index contributed by atoms with van der Waals surface area (Å²) in [5, 5.41) is 3.53. The fourth-order valence-corrected chi connectivity index (χ4v) is 4.71. The molecule has 2 atom stereocenters. The van der Waals surface area contributed by atoms with Gasteiger partial charge in [-0.25, -0.2) is 8.42 Å². The van der Waals surface area contributed by atoms with Crippen LogP contribution in [0, 0.1) is 0 Å². The molecule has 3 aromatic rings. The van der Waals surface area contributed by atoms with Crippen LogP contribution in [-0.4, -0.2) is 21.1 Å². The smallest absolute Gasteiger partial charge is 0.261 e. The quantitative estimate of drug-likeness (QED) is 0.484. The first-order valence-electron chi connectivity index (χ1n) is 10.4. The number of sulfonamides is 1. The van der Waals surface area contributed by atoms with Gasteiger partial charge < -0.3 is 15.8 Å². The molecule has 0 radical (unpaired) electrons. The Labute approximate surface area is 183 Å². The molecular weight excluding hydrogens is 410 g/mol. The van der Waals surface area contributed by atoms with E-state index in [4.69, 9.17) is 10.5 Å². The van der Waals surface area contributed by atoms with Crippen LogP contribution in [0.25, 0.3) is 0 Å². The normalized spacial score (nSPS) is 16.7. The first kappa shape index (κ1) is 21.2. The maximum Gasteiger partial charge on any atom is 0.261 e. The van der Waals surface area contributed by atoms with E-state index in [9.17, 15) is 8.42 Å². The van der Waals surface area contributed by atoms with Gasteiger partial charge in [-0.05, 0) is 61.2 Å². The SMILES string of the molecule is C[C@@H](NC[C@H]1CCc2ccc(NS(=O)(=O)c3ccc(N)cc3)cc2O1)c1ccccc1. The summed E-state index contributed by atoms with van der Waals surface area (Å²) in [4.78, 5) is 0.164. The highest BCUT2D eigenvalue weighted by molar-refractivity contribution is 7.92. The summed E-state index contributed by atoms with van der Waals surface area (Å²) in [7, 11) is -3.70. The van der Waals surface area contributed by atoms with Crippen molar-refractivity contribution in [1.82, 2.24) is 5.32 Å². The summed E-state index contributed by atoms with van der Waals surface area (Å²) in [5.74, 6) is 0.725. The zero-order valence-corrected chi connectivity index (χ0v) is 18.2. The van der Waals surface area contributed by atoms with Gasteiger partial charge in [0.05, 0.1) is 10.6 Å². The second-order valence-electron chi connectivity index (χ2n) is 7.82. The van der Waals surface area contributed by atoms with Crippen LogP contribution in [0.3, 0.4) is 0 Å². The van der Waals surface area contributed by atoms with E-state index in [2.05, 4.69) is 29.1 Å². The van der Waals surface area contributed by atoms with E-state index < -0.39 is 10.0 Å². The predicted molar refractivity (Wildman–Crippen MR) is 124 cm³/mol. The van der Waals surface area contributed by atoms with Crippen LogP contribution in [-0.2, 0) is 16.4 Å². The number of nitrogens with one attached hydrogen (secondary N) is 2. The summed E-state index contributed by atoms with van der Waals surface area (Å²) in [6.07, 6.45) is 1.84. The molecule has 1 aliphatic heterocycles. The zero-order valence-electron chi connectivity index (χ0n) is 17.4. The number of benzene rings is 3. The lowest BCUT2D eigenvalue weighted by Crippen LogP contribution is -2.35. The van der Waals surface area contributed by atoms with Crippen molar-refractivity contribution in [3.8, 4) is 5.75 Å². The standard InChI is InChI=1S/C24H27N3O3S/c1-17(18-5-3-2-4-6-18)26-16-22-12-8-19-7-11-21(15-24(19)30-22)27-31(28,29)23-13-9-20(25)10-14-23/h2-7,9-11,13-15,17,22,26-27H,8,12,16,25H2,1H3/t17-,22-/m1/s1. The summed E-state index contributed by atoms with van der Waals surface area (Å²) < 4.78 is 34.1. The van der Waals surface area contributed by atoms with Gasteiger partial charge in [-0.15, -0.1) is 0 Å². The van der Waals surface area contributed by atoms with E-state index >= 15 is 0 Å². The summed E-state index contributed by atoms with van der Waals surface area (Å²) in [6, 6.07) is 22.1. The molecule has 0 unspecified atom stereocenters. The molecule has 1 heterocycles. The van der Waals surface area contributed by atoms with Crippen molar-refractivity contribution >= 4 is 21.4 Å². The molecule has 3 aromatic carbocycles. The molecule has 6 nitrogen and oxygen atoms in total. The van der Waals surface area contributed by atoms with Gasteiger partial charge in [0, 0.05) is 24.3 Å². The molecule has 0 spiro atoms. The highest BCUT2D eigenvalue weighted by Gasteiger charge is 2.22. The Bertz CT molecular complexity index is 1130. The molecule has 0 bridgehead atoms. The monoisotopic (exact) mass is 437 g/mol. The number of anilines is 2. The number of fused-ring (bicyclic) bond motifs is 1. The van der Waals surface area contributed by atoms with Crippen LogP contribution in [0.1, 0.15) is 30.5 Å². The molecule has 0 fully saturated rings. The number of hydrogen-bond donors (Lipinski definition) is 3. The fourth-order valence-electron chi connectivity index (χ4n) is 3.66. The van der Waals surface area contributed by atoms with Crippen molar-refractivity contribution in [1.29, 1.82) is 0 Å². The number of aryl methyl sites for hydroxylation is 1. The van der Waals surface area contributed by atoms with E-state index in [1.807, 2.05) is 24.3 Å². The molecule has 0 amide bonds. The van der Waals surface area contributed by atoms with Gasteiger partial charge in [0.1, 0.15) is 11.9 Å². The summed E-state index contributed by atoms with van der Waals surface area (Å²) in [6.45, 7) is 2.85. The lowest BCUT2D eigenvalue weighted by atomic mass is 10.0. The fraction of sp³-hybridized carbons (Fsp3) is 0.250. The highest BCUT2D eigenvalue weighted by Crippen LogP contribution is 2.31. The van der Waals surface area contributed by atoms with E-state index in [1.165, 1.54) is 17.7 Å². The third kappa shape index (κ3) is 5.18. The molecule has 4 N–H and O–H groups in total. The van der Waals surface area contributed by atoms with Gasteiger partial charge in [0.25, 0.3) is 10.0 Å². The van der Waals surface area contributed by atoms with Crippen molar-refractivity contribution in [2.75, 3.05) is 17.0 Å². The molecule has 7 heteroatoms. The number of rotatable bonds is 7. The summed E-state index contributed by atoms with van der Waals surface area (Å²) >= 11 is 0. The van der Waals surface area contributed by atoms with E-state index in [0.717, 1.165) is 30.7 Å². The Morgan fingerprint density at radius 3 is 2.55 bits per heavy atom. The minimum absolute atomic E-state index is 0.0302. The topological polar surface area (TPSA) is 93.5 Å². The Kier molecular flexibility index (Phi) is 6.15. The van der Waals surface area contributed by atoms with Gasteiger partial charge in [-0.3, -0.25) is 4.72 Å². The van der Waals surface area contributed by atoms with E-state index in [-0.39, 0.29) is 17.0 Å². The van der Waals surface area contributed by atoms with Crippen LogP contribution in [0.4, 0.5) is 11.4 Å². The molecule has 4 rings (SSSR count). The minimum atomic E-state index is -3.70. The number of nitrogens with two attached hydrogens (primary N) is 1. The number of hydrogen-bond acceptors (Lipinski definition) is 5. The van der Waals surface area contributed by atoms with Crippen LogP contribution in [0.2, 0.25) is 0 Å². The maximum atomic E-state index is 12.7. The predicted octanol–water partition coefficient (Wildman–Crippen LogP) is 4.11. The Hall–Kier alpha value is -3.03. The van der Waals surface area contributed by atoms with Crippen molar-refractivity contribution in [2.24, 2.45) is 0 Å². The maximum absolute atomic E-state index is 12.7. The number of nitrogen functional groups attached to an aromatic ring is 1. The largest absolute Gasteiger partial charge is 0.489 e. The molecule has 31 heavy (non-hydrogen) atoms. The third-order valence-corrected chi connectivity index (χ3v) is 6.89.